The Bertz CT molecular complexity index is 1460. The van der Waals surface area contributed by atoms with Crippen LogP contribution in [0, 0.1) is 0 Å². The molecule has 0 unspecified atom stereocenters. The number of nitrogens with zero attached hydrogens (tertiary/aromatic N) is 3. The predicted octanol–water partition coefficient (Wildman–Crippen LogP) is 5.22. The molecule has 198 valence electrons. The summed E-state index contributed by atoms with van der Waals surface area (Å²) >= 11 is 1.61. The molecule has 0 radical (unpaired) electrons. The summed E-state index contributed by atoms with van der Waals surface area (Å²) in [7, 11) is 0. The van der Waals surface area contributed by atoms with Gasteiger partial charge in [-0.1, -0.05) is 6.07 Å². The number of thiazole rings is 1. The molecule has 38 heavy (non-hydrogen) atoms. The zero-order valence-corrected chi connectivity index (χ0v) is 22.0. The van der Waals surface area contributed by atoms with Crippen molar-refractivity contribution >= 4 is 34.0 Å². The van der Waals surface area contributed by atoms with Crippen LogP contribution in [0.2, 0.25) is 0 Å². The molecule has 2 N–H and O–H groups in total. The molecule has 2 aromatic carbocycles. The molecule has 0 saturated carbocycles. The van der Waals surface area contributed by atoms with Gasteiger partial charge in [-0.25, -0.2) is 9.78 Å². The molecule has 9 nitrogen and oxygen atoms in total. The number of ether oxygens (including phenoxy) is 3. The SMILES string of the molecule is CCn1cc(NC(=O)OCc2ccc3c(c2)OCO3)c2cc(-c3nc(CN4CCC[C@H]4CO)cs3)ccc21. The van der Waals surface area contributed by atoms with Crippen LogP contribution < -0.4 is 14.8 Å². The number of nitrogens with one attached hydrogen (secondary N) is 1. The topological polar surface area (TPSA) is 98.1 Å². The monoisotopic (exact) mass is 534 g/mol. The number of carbonyl (C=O) groups excluding carboxylic acids is 1. The van der Waals surface area contributed by atoms with Gasteiger partial charge < -0.3 is 23.9 Å². The molecule has 1 amide bonds. The van der Waals surface area contributed by atoms with E-state index in [-0.39, 0.29) is 26.0 Å². The number of hydrogen-bond acceptors (Lipinski definition) is 8. The molecular weight excluding hydrogens is 504 g/mol. The van der Waals surface area contributed by atoms with Crippen molar-refractivity contribution in [3.8, 4) is 22.1 Å². The van der Waals surface area contributed by atoms with Crippen molar-refractivity contribution in [2.24, 2.45) is 0 Å². The van der Waals surface area contributed by atoms with E-state index in [0.29, 0.717) is 17.2 Å². The van der Waals surface area contributed by atoms with Crippen LogP contribution in [-0.4, -0.2) is 51.6 Å². The summed E-state index contributed by atoms with van der Waals surface area (Å²) in [4.78, 5) is 19.9. The number of anilines is 1. The Kier molecular flexibility index (Phi) is 6.92. The fraction of sp³-hybridized carbons (Fsp3) is 0.357. The minimum Gasteiger partial charge on any atom is -0.454 e. The third kappa shape index (κ3) is 4.94. The van der Waals surface area contributed by atoms with Gasteiger partial charge in [0.15, 0.2) is 11.5 Å². The van der Waals surface area contributed by atoms with Crippen molar-refractivity contribution in [3.05, 3.63) is 59.2 Å². The van der Waals surface area contributed by atoms with Crippen molar-refractivity contribution < 1.29 is 24.1 Å². The molecular formula is C28H30N4O5S. The molecule has 0 bridgehead atoms. The summed E-state index contributed by atoms with van der Waals surface area (Å²) in [5.74, 6) is 1.35. The Morgan fingerprint density at radius 1 is 1.24 bits per heavy atom. The number of carbonyl (C=O) groups is 1. The molecule has 2 aliphatic heterocycles. The van der Waals surface area contributed by atoms with Gasteiger partial charge in [0.2, 0.25) is 6.79 Å². The normalized spacial score (nSPS) is 16.8. The summed E-state index contributed by atoms with van der Waals surface area (Å²) in [6.07, 6.45) is 3.56. The van der Waals surface area contributed by atoms with Crippen LogP contribution in [0.4, 0.5) is 10.5 Å². The van der Waals surface area contributed by atoms with Crippen molar-refractivity contribution in [1.82, 2.24) is 14.5 Å². The van der Waals surface area contributed by atoms with Crippen molar-refractivity contribution in [1.29, 1.82) is 0 Å². The van der Waals surface area contributed by atoms with E-state index in [4.69, 9.17) is 19.2 Å². The highest BCUT2D eigenvalue weighted by molar-refractivity contribution is 7.13. The molecule has 10 heteroatoms. The second kappa shape index (κ2) is 10.6. The molecule has 0 aliphatic carbocycles. The Morgan fingerprint density at radius 2 is 2.13 bits per heavy atom. The lowest BCUT2D eigenvalue weighted by Gasteiger charge is -2.21. The van der Waals surface area contributed by atoms with Crippen LogP contribution in [0.3, 0.4) is 0 Å². The van der Waals surface area contributed by atoms with Gasteiger partial charge in [0.1, 0.15) is 11.6 Å². The molecule has 0 spiro atoms. The number of aryl methyl sites for hydroxylation is 1. The summed E-state index contributed by atoms with van der Waals surface area (Å²) in [6.45, 7) is 5.10. The first-order valence-electron chi connectivity index (χ1n) is 12.9. The second-order valence-electron chi connectivity index (χ2n) is 9.54. The van der Waals surface area contributed by atoms with Crippen LogP contribution >= 0.6 is 11.3 Å². The Hall–Kier alpha value is -3.60. The largest absolute Gasteiger partial charge is 0.454 e. The van der Waals surface area contributed by atoms with E-state index in [1.807, 2.05) is 24.4 Å². The first kappa shape index (κ1) is 24.7. The van der Waals surface area contributed by atoms with Gasteiger partial charge in [-0.2, -0.15) is 0 Å². The van der Waals surface area contributed by atoms with Gasteiger partial charge in [0, 0.05) is 41.7 Å². The molecule has 2 aromatic heterocycles. The lowest BCUT2D eigenvalue weighted by atomic mass is 10.1. The molecule has 1 saturated heterocycles. The number of fused-ring (bicyclic) bond motifs is 2. The summed E-state index contributed by atoms with van der Waals surface area (Å²) in [6, 6.07) is 11.9. The molecule has 4 heterocycles. The number of aliphatic hydroxyl groups excluding tert-OH is 1. The summed E-state index contributed by atoms with van der Waals surface area (Å²) < 4.78 is 18.3. The van der Waals surface area contributed by atoms with Gasteiger partial charge in [0.05, 0.1) is 23.5 Å². The third-order valence-corrected chi connectivity index (χ3v) is 8.08. The van der Waals surface area contributed by atoms with E-state index in [9.17, 15) is 9.90 Å². The summed E-state index contributed by atoms with van der Waals surface area (Å²) in [5, 5.41) is 16.5. The number of benzene rings is 2. The first-order valence-corrected chi connectivity index (χ1v) is 13.7. The number of rotatable bonds is 8. The second-order valence-corrected chi connectivity index (χ2v) is 10.4. The lowest BCUT2D eigenvalue weighted by Crippen LogP contribution is -2.31. The zero-order valence-electron chi connectivity index (χ0n) is 21.2. The maximum Gasteiger partial charge on any atom is 0.412 e. The highest BCUT2D eigenvalue weighted by atomic mass is 32.1. The number of likely N-dealkylation sites (tertiary alicyclic amines) is 1. The van der Waals surface area contributed by atoms with Crippen LogP contribution in [0.25, 0.3) is 21.5 Å². The van der Waals surface area contributed by atoms with Crippen LogP contribution in [0.15, 0.2) is 48.0 Å². The van der Waals surface area contributed by atoms with E-state index in [2.05, 4.69) is 45.3 Å². The van der Waals surface area contributed by atoms with Crippen molar-refractivity contribution in [2.75, 3.05) is 25.3 Å². The fourth-order valence-electron chi connectivity index (χ4n) is 5.15. The molecule has 1 fully saturated rings. The maximum absolute atomic E-state index is 12.7. The smallest absolute Gasteiger partial charge is 0.412 e. The van der Waals surface area contributed by atoms with E-state index in [1.165, 1.54) is 0 Å². The Morgan fingerprint density at radius 3 is 3.00 bits per heavy atom. The lowest BCUT2D eigenvalue weighted by molar-refractivity contribution is 0.152. The minimum atomic E-state index is -0.524. The molecule has 2 aliphatic rings. The van der Waals surface area contributed by atoms with E-state index in [1.54, 1.807) is 11.3 Å². The van der Waals surface area contributed by atoms with Gasteiger partial charge in [-0.05, 0) is 62.2 Å². The fourth-order valence-corrected chi connectivity index (χ4v) is 5.96. The van der Waals surface area contributed by atoms with Gasteiger partial charge in [-0.15, -0.1) is 11.3 Å². The molecule has 6 rings (SSSR count). The Labute approximate surface area is 224 Å². The van der Waals surface area contributed by atoms with Gasteiger partial charge in [0.25, 0.3) is 0 Å². The molecule has 4 aromatic rings. The van der Waals surface area contributed by atoms with Crippen LogP contribution in [-0.2, 0) is 24.4 Å². The zero-order chi connectivity index (χ0) is 26.1. The number of aromatic nitrogens is 2. The van der Waals surface area contributed by atoms with E-state index < -0.39 is 6.09 Å². The summed E-state index contributed by atoms with van der Waals surface area (Å²) in [5.41, 5.74) is 4.56. The van der Waals surface area contributed by atoms with Crippen LogP contribution in [0.5, 0.6) is 11.5 Å². The minimum absolute atomic E-state index is 0.121. The number of amides is 1. The van der Waals surface area contributed by atoms with E-state index in [0.717, 1.165) is 65.2 Å². The van der Waals surface area contributed by atoms with Gasteiger partial charge in [-0.3, -0.25) is 10.2 Å². The first-order chi connectivity index (χ1) is 18.6. The molecule has 1 atom stereocenters. The van der Waals surface area contributed by atoms with Gasteiger partial charge >= 0.3 is 6.09 Å². The average molecular weight is 535 g/mol. The number of aliphatic hydroxyl groups is 1. The predicted molar refractivity (Wildman–Crippen MR) is 146 cm³/mol. The van der Waals surface area contributed by atoms with Crippen LogP contribution in [0.1, 0.15) is 31.0 Å². The van der Waals surface area contributed by atoms with Crippen molar-refractivity contribution in [3.63, 3.8) is 0 Å². The standard InChI is InChI=1S/C28H30N4O5S/c1-2-31-13-23(30-28(34)35-15-18-5-8-25-26(10-18)37-17-36-25)22-11-19(6-7-24(22)31)27-29-20(16-38-27)12-32-9-3-4-21(32)14-33/h5-8,10-11,13,16,21,33H,2-4,9,12,14-15,17H2,1H3,(H,30,34)/t21-/m0/s1. The maximum atomic E-state index is 12.7. The highest BCUT2D eigenvalue weighted by Gasteiger charge is 2.24. The van der Waals surface area contributed by atoms with E-state index >= 15 is 0 Å². The quantitative estimate of drug-likeness (QED) is 0.320. The Balaban J connectivity index is 1.17. The highest BCUT2D eigenvalue weighted by Crippen LogP contribution is 2.34. The average Bonchev–Trinajstić information content (AvgIpc) is 3.74. The van der Waals surface area contributed by atoms with Crippen molar-refractivity contribution in [2.45, 2.75) is 45.5 Å². The number of hydrogen-bond donors (Lipinski definition) is 2. The third-order valence-electron chi connectivity index (χ3n) is 7.14.